The van der Waals surface area contributed by atoms with E-state index < -0.39 is 6.09 Å². The van der Waals surface area contributed by atoms with Gasteiger partial charge in [0.2, 0.25) is 0 Å². The second-order valence-electron chi connectivity index (χ2n) is 5.41. The molecule has 0 heterocycles. The monoisotopic (exact) mass is 326 g/mol. The van der Waals surface area contributed by atoms with Gasteiger partial charge >= 0.3 is 6.09 Å². The Bertz CT molecular complexity index is 489. The number of benzene rings is 1. The van der Waals surface area contributed by atoms with E-state index in [1.54, 1.807) is 31.2 Å². The van der Waals surface area contributed by atoms with Crippen molar-refractivity contribution in [2.24, 2.45) is 5.92 Å². The number of hydrogen-bond donors (Lipinski definition) is 2. The molecule has 0 bridgehead atoms. The molecule has 1 aromatic carbocycles. The van der Waals surface area contributed by atoms with E-state index in [2.05, 4.69) is 24.5 Å². The first-order valence-corrected chi connectivity index (χ1v) is 7.77. The molecule has 0 aromatic heterocycles. The number of carbonyl (C=O) groups is 2. The van der Waals surface area contributed by atoms with Crippen molar-refractivity contribution in [3.05, 3.63) is 34.9 Å². The van der Waals surface area contributed by atoms with Crippen molar-refractivity contribution >= 4 is 23.6 Å². The van der Waals surface area contributed by atoms with Crippen LogP contribution in [0.4, 0.5) is 4.79 Å². The lowest BCUT2D eigenvalue weighted by Gasteiger charge is -2.20. The summed E-state index contributed by atoms with van der Waals surface area (Å²) in [6, 6.07) is 6.48. The highest BCUT2D eigenvalue weighted by Gasteiger charge is 2.16. The van der Waals surface area contributed by atoms with Gasteiger partial charge < -0.3 is 15.4 Å². The van der Waals surface area contributed by atoms with Crippen molar-refractivity contribution in [1.82, 2.24) is 10.6 Å². The van der Waals surface area contributed by atoms with Crippen LogP contribution in [0.3, 0.4) is 0 Å². The average molecular weight is 327 g/mol. The first-order chi connectivity index (χ1) is 10.4. The predicted octanol–water partition coefficient (Wildman–Crippen LogP) is 3.23. The van der Waals surface area contributed by atoms with E-state index in [0.717, 1.165) is 6.42 Å². The molecular formula is C16H23ClN2O3. The minimum absolute atomic E-state index is 0.171. The Labute approximate surface area is 136 Å². The number of rotatable bonds is 7. The second-order valence-corrected chi connectivity index (χ2v) is 5.84. The molecule has 0 saturated heterocycles. The summed E-state index contributed by atoms with van der Waals surface area (Å²) in [5, 5.41) is 6.17. The Kier molecular flexibility index (Phi) is 7.74. The molecule has 2 amide bonds. The summed E-state index contributed by atoms with van der Waals surface area (Å²) in [5.41, 5.74) is 0.531. The Morgan fingerprint density at radius 3 is 2.41 bits per heavy atom. The fraction of sp³-hybridized carbons (Fsp3) is 0.500. The minimum atomic E-state index is -0.464. The van der Waals surface area contributed by atoms with Gasteiger partial charge in [-0.05, 0) is 43.5 Å². The number of carbonyl (C=O) groups excluding carboxylic acids is 2. The van der Waals surface area contributed by atoms with Gasteiger partial charge in [-0.25, -0.2) is 4.79 Å². The third-order valence-corrected chi connectivity index (χ3v) is 3.22. The molecule has 5 nitrogen and oxygen atoms in total. The lowest BCUT2D eigenvalue weighted by atomic mass is 10.0. The first kappa shape index (κ1) is 18.3. The van der Waals surface area contributed by atoms with Gasteiger partial charge in [0.25, 0.3) is 5.91 Å². The molecule has 6 heteroatoms. The van der Waals surface area contributed by atoms with Gasteiger partial charge in [-0.2, -0.15) is 0 Å². The zero-order valence-electron chi connectivity index (χ0n) is 13.2. The van der Waals surface area contributed by atoms with E-state index >= 15 is 0 Å². The first-order valence-electron chi connectivity index (χ1n) is 7.39. The summed E-state index contributed by atoms with van der Waals surface area (Å²) in [4.78, 5) is 23.6. The van der Waals surface area contributed by atoms with Crippen LogP contribution >= 0.6 is 11.6 Å². The Morgan fingerprint density at radius 1 is 1.23 bits per heavy atom. The van der Waals surface area contributed by atoms with E-state index in [1.807, 2.05) is 0 Å². The molecule has 0 aliphatic rings. The minimum Gasteiger partial charge on any atom is -0.450 e. The van der Waals surface area contributed by atoms with Crippen LogP contribution in [-0.2, 0) is 4.74 Å². The van der Waals surface area contributed by atoms with Crippen LogP contribution in [0.1, 0.15) is 37.6 Å². The fourth-order valence-corrected chi connectivity index (χ4v) is 2.15. The molecular weight excluding hydrogens is 304 g/mol. The number of ether oxygens (including phenoxy) is 1. The summed E-state index contributed by atoms with van der Waals surface area (Å²) in [7, 11) is 0. The van der Waals surface area contributed by atoms with Gasteiger partial charge in [-0.15, -0.1) is 0 Å². The van der Waals surface area contributed by atoms with Crippen molar-refractivity contribution in [2.45, 2.75) is 33.2 Å². The van der Waals surface area contributed by atoms with Crippen LogP contribution in [0, 0.1) is 5.92 Å². The van der Waals surface area contributed by atoms with Gasteiger partial charge in [0.15, 0.2) is 0 Å². The molecule has 2 N–H and O–H groups in total. The van der Waals surface area contributed by atoms with Crippen molar-refractivity contribution in [3.8, 4) is 0 Å². The molecule has 0 fully saturated rings. The van der Waals surface area contributed by atoms with Gasteiger partial charge in [0.05, 0.1) is 6.61 Å². The van der Waals surface area contributed by atoms with Crippen molar-refractivity contribution < 1.29 is 14.3 Å². The standard InChI is InChI=1S/C16H23ClN2O3/c1-4-22-16(21)19-14(9-11(2)3)10-18-15(20)12-5-7-13(17)8-6-12/h5-8,11,14H,4,9-10H2,1-3H3,(H,18,20)(H,19,21)/t14-/m1/s1. The van der Waals surface area contributed by atoms with E-state index in [1.165, 1.54) is 0 Å². The predicted molar refractivity (Wildman–Crippen MR) is 87.2 cm³/mol. The molecule has 1 aromatic rings. The summed E-state index contributed by atoms with van der Waals surface area (Å²) in [5.74, 6) is 0.190. The van der Waals surface area contributed by atoms with E-state index in [-0.39, 0.29) is 11.9 Å². The van der Waals surface area contributed by atoms with E-state index in [0.29, 0.717) is 29.7 Å². The number of alkyl carbamates (subject to hydrolysis) is 1. The number of amides is 2. The Morgan fingerprint density at radius 2 is 1.86 bits per heavy atom. The van der Waals surface area contributed by atoms with Gasteiger partial charge in [-0.3, -0.25) is 4.79 Å². The van der Waals surface area contributed by atoms with Crippen LogP contribution in [-0.4, -0.2) is 31.2 Å². The molecule has 0 aliphatic carbocycles. The molecule has 122 valence electrons. The van der Waals surface area contributed by atoms with Crippen molar-refractivity contribution in [3.63, 3.8) is 0 Å². The maximum absolute atomic E-state index is 12.1. The normalized spacial score (nSPS) is 11.9. The zero-order valence-corrected chi connectivity index (χ0v) is 13.9. The van der Waals surface area contributed by atoms with Crippen LogP contribution < -0.4 is 10.6 Å². The summed E-state index contributed by atoms with van der Waals surface area (Å²) < 4.78 is 4.88. The van der Waals surface area contributed by atoms with Crippen LogP contribution in [0.2, 0.25) is 5.02 Å². The third kappa shape index (κ3) is 6.80. The van der Waals surface area contributed by atoms with Crippen molar-refractivity contribution in [2.75, 3.05) is 13.2 Å². The SMILES string of the molecule is CCOC(=O)N[C@@H](CNC(=O)c1ccc(Cl)cc1)CC(C)C. The zero-order chi connectivity index (χ0) is 16.5. The maximum Gasteiger partial charge on any atom is 0.407 e. The van der Waals surface area contributed by atoms with E-state index in [9.17, 15) is 9.59 Å². The highest BCUT2D eigenvalue weighted by atomic mass is 35.5. The Hall–Kier alpha value is -1.75. The highest BCUT2D eigenvalue weighted by molar-refractivity contribution is 6.30. The van der Waals surface area contributed by atoms with Gasteiger partial charge in [0.1, 0.15) is 0 Å². The van der Waals surface area contributed by atoms with Crippen LogP contribution in [0.15, 0.2) is 24.3 Å². The molecule has 22 heavy (non-hydrogen) atoms. The highest BCUT2D eigenvalue weighted by Crippen LogP contribution is 2.10. The Balaban J connectivity index is 2.56. The van der Waals surface area contributed by atoms with Gasteiger partial charge in [-0.1, -0.05) is 25.4 Å². The molecule has 0 radical (unpaired) electrons. The summed E-state index contributed by atoms with van der Waals surface area (Å²) >= 11 is 5.80. The van der Waals surface area contributed by atoms with E-state index in [4.69, 9.17) is 16.3 Å². The molecule has 1 atom stereocenters. The smallest absolute Gasteiger partial charge is 0.407 e. The molecule has 0 spiro atoms. The number of nitrogens with one attached hydrogen (secondary N) is 2. The quantitative estimate of drug-likeness (QED) is 0.808. The van der Waals surface area contributed by atoms with Crippen molar-refractivity contribution in [1.29, 1.82) is 0 Å². The fourth-order valence-electron chi connectivity index (χ4n) is 2.02. The maximum atomic E-state index is 12.1. The largest absolute Gasteiger partial charge is 0.450 e. The lowest BCUT2D eigenvalue weighted by molar-refractivity contribution is 0.0944. The summed E-state index contributed by atoms with van der Waals surface area (Å²) in [6.45, 7) is 6.52. The van der Waals surface area contributed by atoms with Gasteiger partial charge in [0, 0.05) is 23.2 Å². The second kappa shape index (κ2) is 9.30. The van der Waals surface area contributed by atoms with Crippen LogP contribution in [0.25, 0.3) is 0 Å². The molecule has 0 aliphatic heterocycles. The topological polar surface area (TPSA) is 67.4 Å². The molecule has 1 rings (SSSR count). The van der Waals surface area contributed by atoms with Crippen LogP contribution in [0.5, 0.6) is 0 Å². The molecule has 0 saturated carbocycles. The third-order valence-electron chi connectivity index (χ3n) is 2.97. The average Bonchev–Trinajstić information content (AvgIpc) is 2.45. The number of hydrogen-bond acceptors (Lipinski definition) is 3. The molecule has 0 unspecified atom stereocenters. The lowest BCUT2D eigenvalue weighted by Crippen LogP contribution is -2.44. The number of halogens is 1. The summed E-state index contributed by atoms with van der Waals surface area (Å²) in [6.07, 6.45) is 0.286.